The summed E-state index contributed by atoms with van der Waals surface area (Å²) in [7, 11) is 2.08. The Morgan fingerprint density at radius 1 is 0.909 bits per heavy atom. The van der Waals surface area contributed by atoms with Crippen LogP contribution in [0.25, 0.3) is 10.8 Å². The van der Waals surface area contributed by atoms with E-state index in [9.17, 15) is 9.59 Å². The highest BCUT2D eigenvalue weighted by Gasteiger charge is 2.38. The Labute approximate surface area is 129 Å². The van der Waals surface area contributed by atoms with Crippen molar-refractivity contribution < 1.29 is 9.59 Å². The summed E-state index contributed by atoms with van der Waals surface area (Å²) in [5.41, 5.74) is 1.32. The van der Waals surface area contributed by atoms with Crippen LogP contribution in [0.15, 0.2) is 36.4 Å². The van der Waals surface area contributed by atoms with Gasteiger partial charge in [-0.15, -0.1) is 0 Å². The summed E-state index contributed by atoms with van der Waals surface area (Å²) in [6.45, 7) is 1.85. The van der Waals surface area contributed by atoms with Crippen LogP contribution in [0.4, 0.5) is 0 Å². The molecule has 2 heterocycles. The molecular weight excluding hydrogens is 276 g/mol. The SMILES string of the molecule is CN1CCC(N2C(=O)c3cccc4cccc(c34)C2=O)CC1. The number of hydrogen-bond donors (Lipinski definition) is 0. The number of piperidine rings is 1. The molecular formula is C18H18N2O2. The van der Waals surface area contributed by atoms with E-state index in [4.69, 9.17) is 0 Å². The Morgan fingerprint density at radius 3 is 2.00 bits per heavy atom. The zero-order valence-corrected chi connectivity index (χ0v) is 12.6. The summed E-state index contributed by atoms with van der Waals surface area (Å²) in [4.78, 5) is 29.5. The maximum Gasteiger partial charge on any atom is 0.261 e. The van der Waals surface area contributed by atoms with Gasteiger partial charge < -0.3 is 4.90 Å². The van der Waals surface area contributed by atoms with Crippen LogP contribution in [0, 0.1) is 0 Å². The van der Waals surface area contributed by atoms with E-state index in [1.54, 1.807) is 0 Å². The average molecular weight is 294 g/mol. The fourth-order valence-corrected chi connectivity index (χ4v) is 3.63. The molecule has 0 atom stereocenters. The number of nitrogens with zero attached hydrogens (tertiary/aromatic N) is 2. The lowest BCUT2D eigenvalue weighted by Crippen LogP contribution is -2.51. The number of carbonyl (C=O) groups is 2. The normalized spacial score (nSPS) is 20.0. The van der Waals surface area contributed by atoms with Crippen LogP contribution in [0.3, 0.4) is 0 Å². The second kappa shape index (κ2) is 4.92. The second-order valence-electron chi connectivity index (χ2n) is 6.22. The molecule has 0 unspecified atom stereocenters. The molecule has 0 N–H and O–H groups in total. The third-order valence-electron chi connectivity index (χ3n) is 4.86. The third-order valence-corrected chi connectivity index (χ3v) is 4.86. The zero-order valence-electron chi connectivity index (χ0n) is 12.6. The van der Waals surface area contributed by atoms with E-state index in [2.05, 4.69) is 11.9 Å². The van der Waals surface area contributed by atoms with Crippen molar-refractivity contribution in [3.05, 3.63) is 47.5 Å². The Morgan fingerprint density at radius 2 is 1.45 bits per heavy atom. The molecule has 0 aliphatic carbocycles. The predicted octanol–water partition coefficient (Wildman–Crippen LogP) is 2.53. The second-order valence-corrected chi connectivity index (χ2v) is 6.22. The first-order valence-electron chi connectivity index (χ1n) is 7.75. The first-order chi connectivity index (χ1) is 10.7. The molecule has 22 heavy (non-hydrogen) atoms. The largest absolute Gasteiger partial charge is 0.306 e. The summed E-state index contributed by atoms with van der Waals surface area (Å²) < 4.78 is 0. The van der Waals surface area contributed by atoms with Crippen molar-refractivity contribution in [2.24, 2.45) is 0 Å². The summed E-state index contributed by atoms with van der Waals surface area (Å²) in [5.74, 6) is -0.271. The van der Waals surface area contributed by atoms with E-state index in [1.807, 2.05) is 36.4 Å². The Hall–Kier alpha value is -2.20. The van der Waals surface area contributed by atoms with Crippen molar-refractivity contribution in [2.75, 3.05) is 20.1 Å². The average Bonchev–Trinajstić information content (AvgIpc) is 2.54. The number of rotatable bonds is 1. The number of benzene rings is 2. The van der Waals surface area contributed by atoms with Gasteiger partial charge in [-0.1, -0.05) is 24.3 Å². The Balaban J connectivity index is 1.82. The van der Waals surface area contributed by atoms with Gasteiger partial charge in [0.25, 0.3) is 11.8 Å². The van der Waals surface area contributed by atoms with E-state index in [0.29, 0.717) is 11.1 Å². The molecule has 2 amide bonds. The fraction of sp³-hybridized carbons (Fsp3) is 0.333. The first kappa shape index (κ1) is 13.5. The molecule has 1 fully saturated rings. The predicted molar refractivity (Wildman–Crippen MR) is 85.0 cm³/mol. The molecule has 2 aromatic carbocycles. The van der Waals surface area contributed by atoms with E-state index < -0.39 is 0 Å². The molecule has 2 aromatic rings. The van der Waals surface area contributed by atoms with Crippen LogP contribution in [-0.4, -0.2) is 47.8 Å². The number of carbonyl (C=O) groups excluding carboxylic acids is 2. The highest BCUT2D eigenvalue weighted by Crippen LogP contribution is 2.32. The molecule has 4 heteroatoms. The maximum atomic E-state index is 12.9. The minimum atomic E-state index is -0.135. The minimum absolute atomic E-state index is 0.0137. The van der Waals surface area contributed by atoms with Gasteiger partial charge in [-0.05, 0) is 50.5 Å². The molecule has 0 bridgehead atoms. The lowest BCUT2D eigenvalue weighted by Gasteiger charge is -2.38. The van der Waals surface area contributed by atoms with Crippen molar-refractivity contribution in [1.29, 1.82) is 0 Å². The molecule has 4 rings (SSSR count). The summed E-state index contributed by atoms with van der Waals surface area (Å²) in [6, 6.07) is 11.4. The van der Waals surface area contributed by atoms with Gasteiger partial charge in [-0.3, -0.25) is 14.5 Å². The molecule has 1 saturated heterocycles. The van der Waals surface area contributed by atoms with Gasteiger partial charge >= 0.3 is 0 Å². The molecule has 0 spiro atoms. The number of likely N-dealkylation sites (tertiary alicyclic amines) is 1. The minimum Gasteiger partial charge on any atom is -0.306 e. The molecule has 0 aromatic heterocycles. The van der Waals surface area contributed by atoms with Crippen LogP contribution in [-0.2, 0) is 0 Å². The van der Waals surface area contributed by atoms with Crippen LogP contribution < -0.4 is 0 Å². The quantitative estimate of drug-likeness (QED) is 0.759. The lowest BCUT2D eigenvalue weighted by molar-refractivity contribution is 0.0471. The molecule has 112 valence electrons. The summed E-state index contributed by atoms with van der Waals surface area (Å²) in [5, 5.41) is 1.77. The van der Waals surface area contributed by atoms with Crippen LogP contribution in [0.5, 0.6) is 0 Å². The summed E-state index contributed by atoms with van der Waals surface area (Å²) in [6.07, 6.45) is 1.71. The fourth-order valence-electron chi connectivity index (χ4n) is 3.63. The maximum absolute atomic E-state index is 12.9. The van der Waals surface area contributed by atoms with E-state index in [1.165, 1.54) is 4.90 Å². The smallest absolute Gasteiger partial charge is 0.261 e. The van der Waals surface area contributed by atoms with Gasteiger partial charge in [-0.2, -0.15) is 0 Å². The molecule has 2 aliphatic rings. The van der Waals surface area contributed by atoms with Crippen LogP contribution >= 0.6 is 0 Å². The van der Waals surface area contributed by atoms with Crippen molar-refractivity contribution in [3.63, 3.8) is 0 Å². The molecule has 4 nitrogen and oxygen atoms in total. The number of imide groups is 1. The topological polar surface area (TPSA) is 40.6 Å². The van der Waals surface area contributed by atoms with E-state index in [-0.39, 0.29) is 17.9 Å². The standard InChI is InChI=1S/C18H18N2O2/c1-19-10-8-13(9-11-19)20-17(21)14-6-2-4-12-5-3-7-15(16(12)14)18(20)22/h2-7,13H,8-11H2,1H3. The van der Waals surface area contributed by atoms with Crippen molar-refractivity contribution >= 4 is 22.6 Å². The van der Waals surface area contributed by atoms with Gasteiger partial charge in [0.2, 0.25) is 0 Å². The van der Waals surface area contributed by atoms with Crippen LogP contribution in [0.1, 0.15) is 33.6 Å². The molecule has 0 saturated carbocycles. The van der Waals surface area contributed by atoms with Gasteiger partial charge in [0.15, 0.2) is 0 Å². The third kappa shape index (κ3) is 1.87. The van der Waals surface area contributed by atoms with Gasteiger partial charge in [0, 0.05) is 22.6 Å². The Bertz CT molecular complexity index is 725. The lowest BCUT2D eigenvalue weighted by atomic mass is 9.91. The first-order valence-corrected chi connectivity index (χ1v) is 7.75. The summed E-state index contributed by atoms with van der Waals surface area (Å²) >= 11 is 0. The zero-order chi connectivity index (χ0) is 15.3. The number of hydrogen-bond acceptors (Lipinski definition) is 3. The van der Waals surface area contributed by atoms with E-state index in [0.717, 1.165) is 36.7 Å². The highest BCUT2D eigenvalue weighted by atomic mass is 16.2. The molecule has 0 radical (unpaired) electrons. The molecule has 2 aliphatic heterocycles. The number of amides is 2. The van der Waals surface area contributed by atoms with E-state index >= 15 is 0 Å². The van der Waals surface area contributed by atoms with Gasteiger partial charge in [0.05, 0.1) is 0 Å². The van der Waals surface area contributed by atoms with Crippen molar-refractivity contribution in [3.8, 4) is 0 Å². The monoisotopic (exact) mass is 294 g/mol. The van der Waals surface area contributed by atoms with Crippen LogP contribution in [0.2, 0.25) is 0 Å². The van der Waals surface area contributed by atoms with Crippen molar-refractivity contribution in [1.82, 2.24) is 9.80 Å². The van der Waals surface area contributed by atoms with Gasteiger partial charge in [0.1, 0.15) is 0 Å². The highest BCUT2D eigenvalue weighted by molar-refractivity contribution is 6.25. The Kier molecular flexibility index (Phi) is 3.01. The van der Waals surface area contributed by atoms with Crippen molar-refractivity contribution in [2.45, 2.75) is 18.9 Å². The van der Waals surface area contributed by atoms with Gasteiger partial charge in [-0.25, -0.2) is 0 Å².